The lowest BCUT2D eigenvalue weighted by Crippen LogP contribution is -2.34. The molecule has 1 aliphatic carbocycles. The number of rotatable bonds is 1. The lowest BCUT2D eigenvalue weighted by molar-refractivity contribution is 0.184. The SMILES string of the molecule is CN1CCC(C2CC=C(Br)C3=C2N=Cc2cccc4ccn3c24)CC1. The molecule has 0 N–H and O–H groups in total. The average molecular weight is 396 g/mol. The maximum atomic E-state index is 5.03. The third-order valence-electron chi connectivity index (χ3n) is 6.03. The first-order valence-electron chi connectivity index (χ1n) is 9.15. The van der Waals surface area contributed by atoms with E-state index in [0.717, 1.165) is 12.3 Å². The number of likely N-dealkylation sites (tertiary alicyclic amines) is 1. The Bertz CT molecular complexity index is 926. The van der Waals surface area contributed by atoms with Crippen molar-refractivity contribution < 1.29 is 0 Å². The van der Waals surface area contributed by atoms with Gasteiger partial charge >= 0.3 is 0 Å². The largest absolute Gasteiger partial charge is 0.313 e. The van der Waals surface area contributed by atoms with Crippen molar-refractivity contribution in [3.8, 4) is 0 Å². The molecule has 1 saturated heterocycles. The normalized spacial score (nSPS) is 24.4. The van der Waals surface area contributed by atoms with E-state index in [1.807, 2.05) is 0 Å². The summed E-state index contributed by atoms with van der Waals surface area (Å²) in [6.07, 6.45) is 10.3. The first-order valence-corrected chi connectivity index (χ1v) is 9.95. The maximum Gasteiger partial charge on any atom is 0.0815 e. The smallest absolute Gasteiger partial charge is 0.0815 e. The molecule has 0 saturated carbocycles. The van der Waals surface area contributed by atoms with E-state index in [1.54, 1.807) is 0 Å². The second kappa shape index (κ2) is 5.96. The number of nitrogens with zero attached hydrogens (tertiary/aromatic N) is 3. The number of benzene rings is 1. The number of allylic oxidation sites excluding steroid dienone is 4. The van der Waals surface area contributed by atoms with Crippen LogP contribution in [0.3, 0.4) is 0 Å². The van der Waals surface area contributed by atoms with Gasteiger partial charge in [0.05, 0.1) is 16.9 Å². The summed E-state index contributed by atoms with van der Waals surface area (Å²) in [6.45, 7) is 2.40. The number of hydrogen-bond acceptors (Lipinski definition) is 2. The number of fused-ring (bicyclic) bond motifs is 1. The number of halogens is 1. The van der Waals surface area contributed by atoms with Crippen LogP contribution in [0.1, 0.15) is 24.8 Å². The van der Waals surface area contributed by atoms with E-state index in [-0.39, 0.29) is 0 Å². The molecule has 0 bridgehead atoms. The monoisotopic (exact) mass is 395 g/mol. The zero-order chi connectivity index (χ0) is 17.0. The molecular formula is C21H22BrN3. The second-order valence-electron chi connectivity index (χ2n) is 7.50. The van der Waals surface area contributed by atoms with Gasteiger partial charge in [-0.3, -0.25) is 4.99 Å². The van der Waals surface area contributed by atoms with Crippen molar-refractivity contribution in [1.29, 1.82) is 0 Å². The minimum Gasteiger partial charge on any atom is -0.313 e. The Morgan fingerprint density at radius 3 is 2.84 bits per heavy atom. The molecule has 1 fully saturated rings. The van der Waals surface area contributed by atoms with E-state index in [1.165, 1.54) is 58.3 Å². The van der Waals surface area contributed by atoms with Gasteiger partial charge in [-0.25, -0.2) is 0 Å². The molecule has 1 aromatic carbocycles. The Morgan fingerprint density at radius 1 is 1.16 bits per heavy atom. The van der Waals surface area contributed by atoms with Gasteiger partial charge in [-0.2, -0.15) is 0 Å². The van der Waals surface area contributed by atoms with Crippen LogP contribution in [0.15, 0.2) is 51.7 Å². The van der Waals surface area contributed by atoms with Crippen LogP contribution in [0.25, 0.3) is 16.6 Å². The van der Waals surface area contributed by atoms with Crippen molar-refractivity contribution in [3.05, 3.63) is 52.3 Å². The molecule has 0 radical (unpaired) electrons. The molecule has 3 heterocycles. The lowest BCUT2D eigenvalue weighted by Gasteiger charge is -2.36. The lowest BCUT2D eigenvalue weighted by atomic mass is 9.78. The van der Waals surface area contributed by atoms with Gasteiger partial charge in [-0.1, -0.05) is 24.3 Å². The summed E-state index contributed by atoms with van der Waals surface area (Å²) in [6, 6.07) is 8.69. The highest BCUT2D eigenvalue weighted by Gasteiger charge is 2.33. The van der Waals surface area contributed by atoms with E-state index in [9.17, 15) is 0 Å². The Labute approximate surface area is 156 Å². The molecule has 1 atom stereocenters. The summed E-state index contributed by atoms with van der Waals surface area (Å²) in [4.78, 5) is 7.48. The molecular weight excluding hydrogens is 374 g/mol. The topological polar surface area (TPSA) is 20.5 Å². The zero-order valence-corrected chi connectivity index (χ0v) is 16.0. The summed E-state index contributed by atoms with van der Waals surface area (Å²) in [5.41, 5.74) is 4.98. The predicted octanol–water partition coefficient (Wildman–Crippen LogP) is 4.88. The maximum absolute atomic E-state index is 5.03. The summed E-state index contributed by atoms with van der Waals surface area (Å²) in [7, 11) is 2.23. The van der Waals surface area contributed by atoms with Crippen molar-refractivity contribution in [2.45, 2.75) is 19.3 Å². The number of para-hydroxylation sites is 1. The quantitative estimate of drug-likeness (QED) is 0.673. The Hall–Kier alpha value is -1.65. The van der Waals surface area contributed by atoms with Gasteiger partial charge < -0.3 is 9.47 Å². The molecule has 2 aliphatic heterocycles. The highest BCUT2D eigenvalue weighted by Crippen LogP contribution is 2.44. The van der Waals surface area contributed by atoms with E-state index in [4.69, 9.17) is 4.99 Å². The highest BCUT2D eigenvalue weighted by atomic mass is 79.9. The first kappa shape index (κ1) is 15.6. The summed E-state index contributed by atoms with van der Waals surface area (Å²) >= 11 is 3.83. The van der Waals surface area contributed by atoms with Gasteiger partial charge in [0.2, 0.25) is 0 Å². The molecule has 0 spiro atoms. The number of aromatic nitrogens is 1. The Morgan fingerprint density at radius 2 is 2.00 bits per heavy atom. The molecule has 1 unspecified atom stereocenters. The van der Waals surface area contributed by atoms with Crippen molar-refractivity contribution in [2.75, 3.05) is 20.1 Å². The third kappa shape index (κ3) is 2.46. The summed E-state index contributed by atoms with van der Waals surface area (Å²) in [5.74, 6) is 1.25. The third-order valence-corrected chi connectivity index (χ3v) is 6.73. The molecule has 3 nitrogen and oxygen atoms in total. The molecule has 1 aromatic heterocycles. The van der Waals surface area contributed by atoms with Crippen molar-refractivity contribution >= 4 is 38.7 Å². The van der Waals surface area contributed by atoms with Gasteiger partial charge in [-0.15, -0.1) is 0 Å². The van der Waals surface area contributed by atoms with Gasteiger partial charge in [0.15, 0.2) is 0 Å². The number of piperidine rings is 1. The van der Waals surface area contributed by atoms with Crippen LogP contribution in [-0.4, -0.2) is 35.8 Å². The van der Waals surface area contributed by atoms with Crippen LogP contribution >= 0.6 is 15.9 Å². The highest BCUT2D eigenvalue weighted by molar-refractivity contribution is 9.12. The molecule has 128 valence electrons. The first-order chi connectivity index (χ1) is 12.2. The van der Waals surface area contributed by atoms with Crippen LogP contribution in [0, 0.1) is 11.8 Å². The van der Waals surface area contributed by atoms with E-state index in [0.29, 0.717) is 5.92 Å². The van der Waals surface area contributed by atoms with Crippen molar-refractivity contribution in [3.63, 3.8) is 0 Å². The number of hydrogen-bond donors (Lipinski definition) is 0. The molecule has 2 aromatic rings. The summed E-state index contributed by atoms with van der Waals surface area (Å²) in [5, 5.41) is 1.28. The van der Waals surface area contributed by atoms with E-state index >= 15 is 0 Å². The van der Waals surface area contributed by atoms with Crippen molar-refractivity contribution in [1.82, 2.24) is 9.47 Å². The average Bonchev–Trinajstić information content (AvgIpc) is 2.97. The van der Waals surface area contributed by atoms with Crippen LogP contribution < -0.4 is 0 Å². The minimum absolute atomic E-state index is 0.521. The molecule has 4 heteroatoms. The standard InChI is InChI=1S/C21H22BrN3/c1-24-10-7-14(8-11-24)17-5-6-18(22)21-19(17)23-13-16-4-2-3-15-9-12-25(21)20(15)16/h2-4,6,9,12-14,17H,5,7-8,10-11H2,1H3. The van der Waals surface area contributed by atoms with E-state index in [2.05, 4.69) is 75.2 Å². The zero-order valence-electron chi connectivity index (χ0n) is 14.5. The van der Waals surface area contributed by atoms with Crippen LogP contribution in [0.5, 0.6) is 0 Å². The Kier molecular flexibility index (Phi) is 3.72. The minimum atomic E-state index is 0.521. The Balaban J connectivity index is 1.65. The molecule has 25 heavy (non-hydrogen) atoms. The van der Waals surface area contributed by atoms with Gasteiger partial charge in [-0.05, 0) is 67.3 Å². The summed E-state index contributed by atoms with van der Waals surface area (Å²) < 4.78 is 3.52. The van der Waals surface area contributed by atoms with Crippen molar-refractivity contribution in [2.24, 2.45) is 16.8 Å². The predicted molar refractivity (Wildman–Crippen MR) is 108 cm³/mol. The van der Waals surface area contributed by atoms with Crippen LogP contribution in [0.2, 0.25) is 0 Å². The molecule has 5 rings (SSSR count). The van der Waals surface area contributed by atoms with Gasteiger partial charge in [0.25, 0.3) is 0 Å². The second-order valence-corrected chi connectivity index (χ2v) is 8.35. The fraction of sp³-hybridized carbons (Fsp3) is 0.381. The van der Waals surface area contributed by atoms with Crippen LogP contribution in [-0.2, 0) is 0 Å². The molecule has 0 amide bonds. The fourth-order valence-corrected chi connectivity index (χ4v) is 5.21. The van der Waals surface area contributed by atoms with Crippen LogP contribution in [0.4, 0.5) is 0 Å². The fourth-order valence-electron chi connectivity index (χ4n) is 4.63. The van der Waals surface area contributed by atoms with Gasteiger partial charge in [0, 0.05) is 33.8 Å². The molecule has 3 aliphatic rings. The number of aliphatic imine (C=N–C) groups is 1. The van der Waals surface area contributed by atoms with E-state index < -0.39 is 0 Å². The van der Waals surface area contributed by atoms with Gasteiger partial charge in [0.1, 0.15) is 0 Å².